The summed E-state index contributed by atoms with van der Waals surface area (Å²) in [6.45, 7) is 0. The zero-order valence-electron chi connectivity index (χ0n) is 9.52. The highest BCUT2D eigenvalue weighted by Crippen LogP contribution is 2.07. The number of terminal acetylenes is 1. The van der Waals surface area contributed by atoms with Crippen LogP contribution in [0.4, 0.5) is 4.79 Å². The lowest BCUT2D eigenvalue weighted by molar-refractivity contribution is 0.249. The van der Waals surface area contributed by atoms with Crippen LogP contribution in [-0.2, 0) is 0 Å². The third kappa shape index (κ3) is 4.85. The summed E-state index contributed by atoms with van der Waals surface area (Å²) in [4.78, 5) is 10.6. The highest BCUT2D eigenvalue weighted by Gasteiger charge is 2.03. The Morgan fingerprint density at radius 3 is 2.71 bits per heavy atom. The Labute approximate surface area is 101 Å². The van der Waals surface area contributed by atoms with Crippen molar-refractivity contribution in [3.8, 4) is 12.3 Å². The van der Waals surface area contributed by atoms with Crippen molar-refractivity contribution >= 4 is 11.7 Å². The summed E-state index contributed by atoms with van der Waals surface area (Å²) in [5.41, 5.74) is 8.96. The van der Waals surface area contributed by atoms with Gasteiger partial charge in [0.15, 0.2) is 0 Å². The molecule has 0 saturated carbocycles. The summed E-state index contributed by atoms with van der Waals surface area (Å²) in [5, 5.41) is 3.99. The highest BCUT2D eigenvalue weighted by atomic mass is 16.2. The van der Waals surface area contributed by atoms with Crippen LogP contribution in [0.2, 0.25) is 0 Å². The molecular weight excluding hydrogens is 214 g/mol. The molecule has 0 heterocycles. The Kier molecular flexibility index (Phi) is 5.32. The van der Waals surface area contributed by atoms with Gasteiger partial charge in [0.2, 0.25) is 0 Å². The van der Waals surface area contributed by atoms with Gasteiger partial charge >= 0.3 is 6.03 Å². The van der Waals surface area contributed by atoms with E-state index in [4.69, 9.17) is 12.2 Å². The maximum absolute atomic E-state index is 10.6. The van der Waals surface area contributed by atoms with Crippen molar-refractivity contribution in [3.05, 3.63) is 35.9 Å². The molecule has 0 aromatic heterocycles. The van der Waals surface area contributed by atoms with E-state index in [-0.39, 0.29) is 0 Å². The maximum atomic E-state index is 10.6. The Bertz CT molecular complexity index is 432. The van der Waals surface area contributed by atoms with Gasteiger partial charge < -0.3 is 5.73 Å². The van der Waals surface area contributed by atoms with Gasteiger partial charge in [0.1, 0.15) is 0 Å². The van der Waals surface area contributed by atoms with E-state index >= 15 is 0 Å². The first-order chi connectivity index (χ1) is 8.24. The molecular formula is C13H15N3O. The molecule has 4 nitrogen and oxygen atoms in total. The summed E-state index contributed by atoms with van der Waals surface area (Å²) in [6.07, 6.45) is 7.41. The molecule has 1 aromatic carbocycles. The number of hydrazone groups is 1. The third-order valence-corrected chi connectivity index (χ3v) is 2.14. The number of nitrogens with zero attached hydrogens (tertiary/aromatic N) is 1. The van der Waals surface area contributed by atoms with Crippen LogP contribution in [0.25, 0.3) is 0 Å². The zero-order chi connectivity index (χ0) is 12.5. The number of benzene rings is 1. The molecule has 0 fully saturated rings. The van der Waals surface area contributed by atoms with E-state index in [0.717, 1.165) is 17.7 Å². The zero-order valence-corrected chi connectivity index (χ0v) is 9.52. The van der Waals surface area contributed by atoms with E-state index in [2.05, 4.69) is 16.4 Å². The van der Waals surface area contributed by atoms with Gasteiger partial charge in [-0.1, -0.05) is 30.3 Å². The van der Waals surface area contributed by atoms with E-state index in [1.807, 2.05) is 30.3 Å². The van der Waals surface area contributed by atoms with Gasteiger partial charge in [-0.25, -0.2) is 10.2 Å². The second-order valence-corrected chi connectivity index (χ2v) is 3.46. The SMILES string of the molecule is C#CCCC/C(=N/NC(N)=O)c1ccccc1. The molecule has 0 aliphatic heterocycles. The van der Waals surface area contributed by atoms with E-state index in [1.54, 1.807) is 0 Å². The molecule has 88 valence electrons. The Balaban J connectivity index is 2.76. The number of carbonyl (C=O) groups excluding carboxylic acids is 1. The topological polar surface area (TPSA) is 67.5 Å². The number of rotatable bonds is 5. The molecule has 17 heavy (non-hydrogen) atoms. The van der Waals surface area contributed by atoms with Gasteiger partial charge in [-0.2, -0.15) is 5.10 Å². The number of carbonyl (C=O) groups is 1. The molecule has 0 unspecified atom stereocenters. The second-order valence-electron chi connectivity index (χ2n) is 3.46. The minimum atomic E-state index is -0.671. The van der Waals surface area contributed by atoms with Crippen molar-refractivity contribution in [1.82, 2.24) is 5.43 Å². The number of unbranched alkanes of at least 4 members (excludes halogenated alkanes) is 1. The van der Waals surface area contributed by atoms with Crippen molar-refractivity contribution in [2.45, 2.75) is 19.3 Å². The third-order valence-electron chi connectivity index (χ3n) is 2.14. The van der Waals surface area contributed by atoms with Crippen molar-refractivity contribution < 1.29 is 4.79 Å². The second kappa shape index (κ2) is 7.07. The summed E-state index contributed by atoms with van der Waals surface area (Å²) < 4.78 is 0. The van der Waals surface area contributed by atoms with Crippen LogP contribution in [0.15, 0.2) is 35.4 Å². The first-order valence-corrected chi connectivity index (χ1v) is 5.35. The van der Waals surface area contributed by atoms with Crippen LogP contribution >= 0.6 is 0 Å². The molecule has 4 heteroatoms. The molecule has 0 aliphatic rings. The van der Waals surface area contributed by atoms with Gasteiger partial charge in [0.05, 0.1) is 5.71 Å². The van der Waals surface area contributed by atoms with E-state index < -0.39 is 6.03 Å². The number of nitrogens with two attached hydrogens (primary N) is 1. The van der Waals surface area contributed by atoms with Crippen molar-refractivity contribution in [2.75, 3.05) is 0 Å². The monoisotopic (exact) mass is 229 g/mol. The summed E-state index contributed by atoms with van der Waals surface area (Å²) in [5.74, 6) is 2.57. The molecule has 0 aliphatic carbocycles. The van der Waals surface area contributed by atoms with Crippen LogP contribution in [0, 0.1) is 12.3 Å². The number of amides is 2. The normalized spacial score (nSPS) is 10.6. The fraction of sp³-hybridized carbons (Fsp3) is 0.231. The lowest BCUT2D eigenvalue weighted by atomic mass is 10.1. The Hall–Kier alpha value is -2.28. The summed E-state index contributed by atoms with van der Waals surface area (Å²) in [6, 6.07) is 8.93. The van der Waals surface area contributed by atoms with E-state index in [9.17, 15) is 4.79 Å². The highest BCUT2D eigenvalue weighted by molar-refractivity contribution is 6.00. The van der Waals surface area contributed by atoms with Gasteiger partial charge in [0.25, 0.3) is 0 Å². The van der Waals surface area contributed by atoms with Gasteiger partial charge in [0, 0.05) is 6.42 Å². The molecule has 3 N–H and O–H groups in total. The summed E-state index contributed by atoms with van der Waals surface area (Å²) >= 11 is 0. The van der Waals surface area contributed by atoms with Crippen molar-refractivity contribution in [1.29, 1.82) is 0 Å². The van der Waals surface area contributed by atoms with Crippen LogP contribution in [0.5, 0.6) is 0 Å². The first kappa shape index (κ1) is 12.8. The maximum Gasteiger partial charge on any atom is 0.332 e. The van der Waals surface area contributed by atoms with Gasteiger partial charge in [-0.15, -0.1) is 12.3 Å². The molecule has 0 radical (unpaired) electrons. The van der Waals surface area contributed by atoms with Crippen LogP contribution in [0.3, 0.4) is 0 Å². The van der Waals surface area contributed by atoms with Gasteiger partial charge in [-0.05, 0) is 18.4 Å². The fourth-order valence-corrected chi connectivity index (χ4v) is 1.38. The quantitative estimate of drug-likeness (QED) is 0.344. The molecule has 2 amide bonds. The molecule has 0 saturated heterocycles. The van der Waals surface area contributed by atoms with E-state index in [1.165, 1.54) is 0 Å². The van der Waals surface area contributed by atoms with Crippen molar-refractivity contribution in [3.63, 3.8) is 0 Å². The van der Waals surface area contributed by atoms with E-state index in [0.29, 0.717) is 12.8 Å². The smallest absolute Gasteiger partial charge is 0.332 e. The minimum absolute atomic E-state index is 0.671. The lowest BCUT2D eigenvalue weighted by Crippen LogP contribution is -2.26. The molecule has 1 aromatic rings. The minimum Gasteiger partial charge on any atom is -0.350 e. The average molecular weight is 229 g/mol. The van der Waals surface area contributed by atoms with Crippen molar-refractivity contribution in [2.24, 2.45) is 10.8 Å². The largest absolute Gasteiger partial charge is 0.350 e. The van der Waals surface area contributed by atoms with Crippen LogP contribution in [-0.4, -0.2) is 11.7 Å². The van der Waals surface area contributed by atoms with Crippen LogP contribution < -0.4 is 11.2 Å². The first-order valence-electron chi connectivity index (χ1n) is 5.35. The lowest BCUT2D eigenvalue weighted by Gasteiger charge is -2.05. The number of primary amides is 1. The fourth-order valence-electron chi connectivity index (χ4n) is 1.38. The number of hydrogen-bond donors (Lipinski definition) is 2. The Morgan fingerprint density at radius 1 is 1.41 bits per heavy atom. The predicted octanol–water partition coefficient (Wildman–Crippen LogP) is 1.86. The average Bonchev–Trinajstić information content (AvgIpc) is 2.34. The van der Waals surface area contributed by atoms with Gasteiger partial charge in [-0.3, -0.25) is 0 Å². The molecule has 1 rings (SSSR count). The Morgan fingerprint density at radius 2 is 2.12 bits per heavy atom. The number of hydrogen-bond acceptors (Lipinski definition) is 2. The van der Waals surface area contributed by atoms with Crippen LogP contribution in [0.1, 0.15) is 24.8 Å². The predicted molar refractivity (Wildman–Crippen MR) is 68.4 cm³/mol. The number of urea groups is 1. The molecule has 0 spiro atoms. The molecule has 0 atom stereocenters. The summed E-state index contributed by atoms with van der Waals surface area (Å²) in [7, 11) is 0. The number of nitrogens with one attached hydrogen (secondary N) is 1. The molecule has 0 bridgehead atoms. The standard InChI is InChI=1S/C13H15N3O/c1-2-3-5-10-12(15-16-13(14)17)11-8-6-4-7-9-11/h1,4,6-9H,3,5,10H2,(H3,14,16,17)/b15-12-.